The van der Waals surface area contributed by atoms with Crippen LogP contribution in [0.3, 0.4) is 0 Å². The molecular weight excluding hydrogens is 298 g/mol. The summed E-state index contributed by atoms with van der Waals surface area (Å²) in [5, 5.41) is 7.47. The number of morpholine rings is 1. The number of hydrogen-bond acceptors (Lipinski definition) is 6. The Kier molecular flexibility index (Phi) is 4.57. The number of carbonyl (C=O) groups excluding carboxylic acids is 1. The van der Waals surface area contributed by atoms with Crippen molar-refractivity contribution in [3.63, 3.8) is 0 Å². The second-order valence-corrected chi connectivity index (χ2v) is 5.61. The summed E-state index contributed by atoms with van der Waals surface area (Å²) in [6.07, 6.45) is 1.38. The Morgan fingerprint density at radius 2 is 1.96 bits per heavy atom. The molecule has 2 aromatic rings. The zero-order chi connectivity index (χ0) is 16.2. The smallest absolute Gasteiger partial charge is 0.260 e. The Morgan fingerprint density at radius 1 is 1.26 bits per heavy atom. The molecule has 1 fully saturated rings. The largest absolute Gasteiger partial charge is 0.484 e. The minimum atomic E-state index is -0.0343. The zero-order valence-corrected chi connectivity index (χ0v) is 13.1. The van der Waals surface area contributed by atoms with Gasteiger partial charge < -0.3 is 18.8 Å². The number of benzene rings is 1. The summed E-state index contributed by atoms with van der Waals surface area (Å²) in [6, 6.07) is 7.17. The van der Waals surface area contributed by atoms with Gasteiger partial charge in [-0.1, -0.05) is 0 Å². The van der Waals surface area contributed by atoms with Crippen LogP contribution in [0, 0.1) is 0 Å². The van der Waals surface area contributed by atoms with Gasteiger partial charge in [0.1, 0.15) is 5.75 Å². The molecular formula is C16H19N3O4. The number of hydrogen-bond donors (Lipinski definition) is 0. The second-order valence-electron chi connectivity index (χ2n) is 5.61. The predicted molar refractivity (Wildman–Crippen MR) is 81.8 cm³/mol. The fourth-order valence-electron chi connectivity index (χ4n) is 2.61. The summed E-state index contributed by atoms with van der Waals surface area (Å²) >= 11 is 0. The molecule has 0 bridgehead atoms. The third kappa shape index (κ3) is 3.87. The van der Waals surface area contributed by atoms with Crippen molar-refractivity contribution < 1.29 is 18.7 Å². The lowest BCUT2D eigenvalue weighted by Crippen LogP contribution is -2.49. The molecule has 0 spiro atoms. The van der Waals surface area contributed by atoms with E-state index in [9.17, 15) is 4.79 Å². The third-order valence-electron chi connectivity index (χ3n) is 3.60. The van der Waals surface area contributed by atoms with E-state index < -0.39 is 0 Å². The lowest BCUT2D eigenvalue weighted by atomic mass is 10.2. The standard InChI is InChI=1S/C16H19N3O4/c1-11-7-19(8-12(2)23-11)15(20)9-21-14-5-3-13(4-6-14)16-18-17-10-22-16/h3-6,10-12H,7-9H2,1-2H3/t11-,12-/m0/s1. The van der Waals surface area contributed by atoms with E-state index >= 15 is 0 Å². The summed E-state index contributed by atoms with van der Waals surface area (Å²) in [7, 11) is 0. The number of amides is 1. The minimum Gasteiger partial charge on any atom is -0.484 e. The highest BCUT2D eigenvalue weighted by Gasteiger charge is 2.25. The molecule has 122 valence electrons. The van der Waals surface area contributed by atoms with Gasteiger partial charge in [0.15, 0.2) is 6.61 Å². The summed E-state index contributed by atoms with van der Waals surface area (Å²) in [4.78, 5) is 14.0. The van der Waals surface area contributed by atoms with Crippen LogP contribution in [0.1, 0.15) is 13.8 Å². The van der Waals surface area contributed by atoms with E-state index in [1.165, 1.54) is 6.39 Å². The maximum atomic E-state index is 12.2. The van der Waals surface area contributed by atoms with E-state index in [2.05, 4.69) is 10.2 Å². The van der Waals surface area contributed by atoms with Gasteiger partial charge in [0.25, 0.3) is 5.91 Å². The highest BCUT2D eigenvalue weighted by molar-refractivity contribution is 5.78. The molecule has 1 amide bonds. The van der Waals surface area contributed by atoms with Gasteiger partial charge in [-0.15, -0.1) is 10.2 Å². The maximum absolute atomic E-state index is 12.2. The Bertz CT molecular complexity index is 632. The quantitative estimate of drug-likeness (QED) is 0.855. The molecule has 0 radical (unpaired) electrons. The molecule has 0 aliphatic carbocycles. The molecule has 2 heterocycles. The number of nitrogens with zero attached hydrogens (tertiary/aromatic N) is 3. The molecule has 1 aliphatic heterocycles. The number of ether oxygens (including phenoxy) is 2. The Morgan fingerprint density at radius 3 is 2.57 bits per heavy atom. The first-order valence-corrected chi connectivity index (χ1v) is 7.54. The predicted octanol–water partition coefficient (Wildman–Crippen LogP) is 1.75. The van der Waals surface area contributed by atoms with Crippen molar-refractivity contribution in [2.45, 2.75) is 26.1 Å². The third-order valence-corrected chi connectivity index (χ3v) is 3.60. The minimum absolute atomic E-state index is 0.0132. The van der Waals surface area contributed by atoms with Crippen LogP contribution in [0.5, 0.6) is 5.75 Å². The van der Waals surface area contributed by atoms with Gasteiger partial charge >= 0.3 is 0 Å². The number of aromatic nitrogens is 2. The van der Waals surface area contributed by atoms with Crippen LogP contribution in [0.15, 0.2) is 35.1 Å². The van der Waals surface area contributed by atoms with Gasteiger partial charge in [0.2, 0.25) is 12.3 Å². The fraction of sp³-hybridized carbons (Fsp3) is 0.438. The van der Waals surface area contributed by atoms with Gasteiger partial charge in [-0.25, -0.2) is 0 Å². The van der Waals surface area contributed by atoms with E-state index in [4.69, 9.17) is 13.9 Å². The van der Waals surface area contributed by atoms with Crippen LogP contribution in [0.2, 0.25) is 0 Å². The Hall–Kier alpha value is -2.41. The first-order valence-electron chi connectivity index (χ1n) is 7.54. The van der Waals surface area contributed by atoms with Crippen molar-refractivity contribution in [1.29, 1.82) is 0 Å². The topological polar surface area (TPSA) is 77.7 Å². The van der Waals surface area contributed by atoms with Crippen molar-refractivity contribution in [2.24, 2.45) is 0 Å². The summed E-state index contributed by atoms with van der Waals surface area (Å²) in [6.45, 7) is 5.14. The van der Waals surface area contributed by atoms with Crippen LogP contribution < -0.4 is 4.74 Å². The van der Waals surface area contributed by atoms with Crippen molar-refractivity contribution in [3.05, 3.63) is 30.7 Å². The van der Waals surface area contributed by atoms with Crippen LogP contribution in [-0.2, 0) is 9.53 Å². The lowest BCUT2D eigenvalue weighted by molar-refractivity contribution is -0.145. The average molecular weight is 317 g/mol. The van der Waals surface area contributed by atoms with Gasteiger partial charge in [0.05, 0.1) is 12.2 Å². The molecule has 0 saturated carbocycles. The number of carbonyl (C=O) groups is 1. The van der Waals surface area contributed by atoms with Crippen LogP contribution >= 0.6 is 0 Å². The van der Waals surface area contributed by atoms with E-state index in [-0.39, 0.29) is 24.7 Å². The van der Waals surface area contributed by atoms with Gasteiger partial charge in [-0.2, -0.15) is 0 Å². The normalized spacial score (nSPS) is 21.2. The van der Waals surface area contributed by atoms with Gasteiger partial charge in [0, 0.05) is 18.7 Å². The monoisotopic (exact) mass is 317 g/mol. The van der Waals surface area contributed by atoms with E-state index in [0.29, 0.717) is 24.7 Å². The van der Waals surface area contributed by atoms with Gasteiger partial charge in [-0.05, 0) is 38.1 Å². The SMILES string of the molecule is C[C@H]1CN(C(=O)COc2ccc(-c3nnco3)cc2)C[C@H](C)O1. The molecule has 1 aliphatic rings. The molecule has 23 heavy (non-hydrogen) atoms. The first-order chi connectivity index (χ1) is 11.1. The van der Waals surface area contributed by atoms with Crippen molar-refractivity contribution >= 4 is 5.91 Å². The Labute approximate surface area is 134 Å². The molecule has 1 aromatic heterocycles. The van der Waals surface area contributed by atoms with Crippen molar-refractivity contribution in [1.82, 2.24) is 15.1 Å². The highest BCUT2D eigenvalue weighted by atomic mass is 16.5. The second kappa shape index (κ2) is 6.78. The zero-order valence-electron chi connectivity index (χ0n) is 13.1. The first kappa shape index (κ1) is 15.5. The van der Waals surface area contributed by atoms with Crippen LogP contribution in [0.25, 0.3) is 11.5 Å². The summed E-state index contributed by atoms with van der Waals surface area (Å²) in [5.41, 5.74) is 0.803. The molecule has 0 N–H and O–H groups in total. The van der Waals surface area contributed by atoms with Crippen LogP contribution in [-0.4, -0.2) is 52.9 Å². The summed E-state index contributed by atoms with van der Waals surface area (Å²) < 4.78 is 16.3. The molecule has 1 saturated heterocycles. The van der Waals surface area contributed by atoms with E-state index in [0.717, 1.165) is 5.56 Å². The van der Waals surface area contributed by atoms with E-state index in [1.54, 1.807) is 17.0 Å². The summed E-state index contributed by atoms with van der Waals surface area (Å²) in [5.74, 6) is 1.04. The van der Waals surface area contributed by atoms with Crippen molar-refractivity contribution in [3.8, 4) is 17.2 Å². The molecule has 2 atom stereocenters. The highest BCUT2D eigenvalue weighted by Crippen LogP contribution is 2.20. The molecule has 3 rings (SSSR count). The van der Waals surface area contributed by atoms with E-state index in [1.807, 2.05) is 26.0 Å². The number of rotatable bonds is 4. The van der Waals surface area contributed by atoms with Crippen LogP contribution in [0.4, 0.5) is 0 Å². The lowest BCUT2D eigenvalue weighted by Gasteiger charge is -2.35. The maximum Gasteiger partial charge on any atom is 0.260 e. The average Bonchev–Trinajstić information content (AvgIpc) is 3.06. The molecule has 0 unspecified atom stereocenters. The molecule has 7 heteroatoms. The van der Waals surface area contributed by atoms with Gasteiger partial charge in [-0.3, -0.25) is 4.79 Å². The fourth-order valence-corrected chi connectivity index (χ4v) is 2.61. The molecule has 1 aromatic carbocycles. The Balaban J connectivity index is 1.54. The van der Waals surface area contributed by atoms with Crippen molar-refractivity contribution in [2.75, 3.05) is 19.7 Å². The molecule has 7 nitrogen and oxygen atoms in total.